The molecule has 2 aromatic heterocycles. The number of nitrogens with zero attached hydrogens (tertiary/aromatic N) is 4. The lowest BCUT2D eigenvalue weighted by Crippen LogP contribution is -2.00. The molecule has 1 aliphatic heterocycles. The molecule has 27 heavy (non-hydrogen) atoms. The highest BCUT2D eigenvalue weighted by molar-refractivity contribution is 9.10. The number of nitrogen functional groups attached to an aromatic ring is 1. The third-order valence-electron chi connectivity index (χ3n) is 4.83. The maximum atomic E-state index is 12.8. The van der Waals surface area contributed by atoms with E-state index in [2.05, 4.69) is 30.3 Å². The summed E-state index contributed by atoms with van der Waals surface area (Å²) < 4.78 is 25.6. The molecule has 1 saturated heterocycles. The van der Waals surface area contributed by atoms with Crippen LogP contribution in [0.25, 0.3) is 22.2 Å². The number of halogens is 1. The average Bonchev–Trinajstić information content (AvgIpc) is 3.19. The predicted molar refractivity (Wildman–Crippen MR) is 112 cm³/mol. The first kappa shape index (κ1) is 18.2. The van der Waals surface area contributed by atoms with Gasteiger partial charge in [-0.3, -0.25) is 0 Å². The third kappa shape index (κ3) is 3.08. The summed E-state index contributed by atoms with van der Waals surface area (Å²) in [4.78, 5) is 8.47. The molecular weight excluding hydrogens is 430 g/mol. The van der Waals surface area contributed by atoms with E-state index in [9.17, 15) is 4.21 Å². The van der Waals surface area contributed by atoms with E-state index in [0.29, 0.717) is 28.8 Å². The summed E-state index contributed by atoms with van der Waals surface area (Å²) >= 11 is 3.64. The SMILES string of the molecule is COc1cc(-c2c(Br)n(C)c3ncnc(N)c23)ccc1N=S1(=O)CCCC1. The Balaban J connectivity index is 1.91. The van der Waals surface area contributed by atoms with Gasteiger partial charge in [-0.2, -0.15) is 4.36 Å². The van der Waals surface area contributed by atoms with Gasteiger partial charge < -0.3 is 15.0 Å². The number of aryl methyl sites for hydroxylation is 1. The molecule has 0 bridgehead atoms. The van der Waals surface area contributed by atoms with Crippen molar-refractivity contribution in [2.45, 2.75) is 12.8 Å². The lowest BCUT2D eigenvalue weighted by molar-refractivity contribution is 0.416. The van der Waals surface area contributed by atoms with E-state index < -0.39 is 9.73 Å². The molecule has 0 aliphatic carbocycles. The first-order valence-corrected chi connectivity index (χ1v) is 11.2. The van der Waals surface area contributed by atoms with Crippen LogP contribution in [0.1, 0.15) is 12.8 Å². The Hall–Kier alpha value is -2.13. The number of hydrogen-bond donors (Lipinski definition) is 1. The third-order valence-corrected chi connectivity index (χ3v) is 8.15. The molecule has 3 aromatic rings. The number of hydrogen-bond acceptors (Lipinski definition) is 6. The Labute approximate surface area is 166 Å². The highest BCUT2D eigenvalue weighted by Gasteiger charge is 2.21. The van der Waals surface area contributed by atoms with Crippen LogP contribution in [-0.4, -0.2) is 37.4 Å². The molecule has 4 rings (SSSR count). The summed E-state index contributed by atoms with van der Waals surface area (Å²) in [7, 11) is 1.33. The molecular formula is C18H20BrN5O2S. The Kier molecular flexibility index (Phi) is 4.59. The summed E-state index contributed by atoms with van der Waals surface area (Å²) in [6.07, 6.45) is 3.38. The molecule has 0 atom stereocenters. The Morgan fingerprint density at radius 3 is 2.74 bits per heavy atom. The van der Waals surface area contributed by atoms with Crippen LogP contribution >= 0.6 is 15.9 Å². The van der Waals surface area contributed by atoms with Crippen molar-refractivity contribution in [1.29, 1.82) is 0 Å². The van der Waals surface area contributed by atoms with Crippen molar-refractivity contribution in [2.75, 3.05) is 24.3 Å². The highest BCUT2D eigenvalue weighted by Crippen LogP contribution is 2.42. The van der Waals surface area contributed by atoms with Crippen LogP contribution in [0.4, 0.5) is 11.5 Å². The Bertz CT molecular complexity index is 1150. The highest BCUT2D eigenvalue weighted by atomic mass is 79.9. The zero-order chi connectivity index (χ0) is 19.2. The van der Waals surface area contributed by atoms with Crippen LogP contribution in [0.2, 0.25) is 0 Å². The standard InChI is InChI=1S/C18H20BrN5O2S/c1-24-16(19)14(15-17(20)21-10-22-18(15)24)11-5-6-12(13(9-11)26-2)23-27(25)7-3-4-8-27/h5-6,9-10H,3-4,7-8H2,1-2H3,(H2,20,21,22). The average molecular weight is 450 g/mol. The smallest absolute Gasteiger partial charge is 0.146 e. The van der Waals surface area contributed by atoms with Crippen molar-refractivity contribution in [3.05, 3.63) is 29.1 Å². The minimum atomic E-state index is -2.17. The van der Waals surface area contributed by atoms with Gasteiger partial charge in [-0.25, -0.2) is 14.2 Å². The van der Waals surface area contributed by atoms with Gasteiger partial charge in [-0.05, 0) is 46.5 Å². The van der Waals surface area contributed by atoms with Crippen molar-refractivity contribution >= 4 is 48.2 Å². The maximum Gasteiger partial charge on any atom is 0.146 e. The second-order valence-corrected chi connectivity index (χ2v) is 9.84. The number of anilines is 1. The molecule has 1 aliphatic rings. The molecule has 9 heteroatoms. The van der Waals surface area contributed by atoms with Crippen LogP contribution in [0.5, 0.6) is 5.75 Å². The fourth-order valence-corrected chi connectivity index (χ4v) is 6.25. The Morgan fingerprint density at radius 2 is 2.04 bits per heavy atom. The first-order chi connectivity index (χ1) is 12.9. The minimum absolute atomic E-state index is 0.415. The van der Waals surface area contributed by atoms with Crippen LogP contribution in [0.3, 0.4) is 0 Å². The molecule has 1 aromatic carbocycles. The zero-order valence-electron chi connectivity index (χ0n) is 15.1. The van der Waals surface area contributed by atoms with Gasteiger partial charge in [-0.1, -0.05) is 6.07 Å². The van der Waals surface area contributed by atoms with Gasteiger partial charge in [0.25, 0.3) is 0 Å². The number of aromatic nitrogens is 3. The molecule has 3 heterocycles. The second kappa shape index (κ2) is 6.79. The minimum Gasteiger partial charge on any atom is -0.494 e. The van der Waals surface area contributed by atoms with E-state index >= 15 is 0 Å². The van der Waals surface area contributed by atoms with E-state index in [0.717, 1.165) is 39.6 Å². The molecule has 0 radical (unpaired) electrons. The number of methoxy groups -OCH3 is 1. The molecule has 0 spiro atoms. The predicted octanol–water partition coefficient (Wildman–Crippen LogP) is 3.88. The lowest BCUT2D eigenvalue weighted by Gasteiger charge is -2.10. The van der Waals surface area contributed by atoms with Crippen molar-refractivity contribution in [3.8, 4) is 16.9 Å². The normalized spacial score (nSPS) is 16.0. The summed E-state index contributed by atoms with van der Waals surface area (Å²) in [6, 6.07) is 5.68. The van der Waals surface area contributed by atoms with E-state index in [1.807, 2.05) is 29.8 Å². The summed E-state index contributed by atoms with van der Waals surface area (Å²) in [5.41, 5.74) is 9.28. The van der Waals surface area contributed by atoms with Crippen molar-refractivity contribution in [1.82, 2.24) is 14.5 Å². The topological polar surface area (TPSA) is 95.4 Å². The summed E-state index contributed by atoms with van der Waals surface area (Å²) in [6.45, 7) is 0. The van der Waals surface area contributed by atoms with Gasteiger partial charge in [-0.15, -0.1) is 0 Å². The van der Waals surface area contributed by atoms with Crippen LogP contribution in [0, 0.1) is 0 Å². The zero-order valence-corrected chi connectivity index (χ0v) is 17.5. The van der Waals surface area contributed by atoms with Crippen LogP contribution in [0.15, 0.2) is 33.5 Å². The van der Waals surface area contributed by atoms with Crippen molar-refractivity contribution in [3.63, 3.8) is 0 Å². The van der Waals surface area contributed by atoms with Gasteiger partial charge in [0.05, 0.1) is 26.8 Å². The van der Waals surface area contributed by atoms with E-state index in [4.69, 9.17) is 10.5 Å². The molecule has 142 valence electrons. The van der Waals surface area contributed by atoms with Crippen LogP contribution < -0.4 is 10.5 Å². The maximum absolute atomic E-state index is 12.8. The summed E-state index contributed by atoms with van der Waals surface area (Å²) in [5, 5.41) is 0.778. The lowest BCUT2D eigenvalue weighted by atomic mass is 10.1. The number of nitrogens with two attached hydrogens (primary N) is 1. The number of benzene rings is 1. The first-order valence-electron chi connectivity index (χ1n) is 8.59. The number of rotatable bonds is 3. The van der Waals surface area contributed by atoms with Gasteiger partial charge in [0, 0.05) is 24.1 Å². The van der Waals surface area contributed by atoms with E-state index in [1.54, 1.807) is 7.11 Å². The van der Waals surface area contributed by atoms with Crippen molar-refractivity contribution < 1.29 is 8.95 Å². The number of fused-ring (bicyclic) bond motifs is 1. The quantitative estimate of drug-likeness (QED) is 0.654. The molecule has 1 fully saturated rings. The number of ether oxygens (including phenoxy) is 1. The summed E-state index contributed by atoms with van der Waals surface area (Å²) in [5.74, 6) is 2.31. The fourth-order valence-electron chi connectivity index (χ4n) is 3.45. The van der Waals surface area contributed by atoms with Crippen molar-refractivity contribution in [2.24, 2.45) is 11.4 Å². The molecule has 0 unspecified atom stereocenters. The second-order valence-electron chi connectivity index (χ2n) is 6.55. The molecule has 0 saturated carbocycles. The molecule has 2 N–H and O–H groups in total. The van der Waals surface area contributed by atoms with Gasteiger partial charge >= 0.3 is 0 Å². The van der Waals surface area contributed by atoms with Crippen LogP contribution in [-0.2, 0) is 16.8 Å². The molecule has 7 nitrogen and oxygen atoms in total. The van der Waals surface area contributed by atoms with Gasteiger partial charge in [0.2, 0.25) is 0 Å². The van der Waals surface area contributed by atoms with Gasteiger partial charge in [0.15, 0.2) is 0 Å². The largest absolute Gasteiger partial charge is 0.494 e. The monoisotopic (exact) mass is 449 g/mol. The molecule has 0 amide bonds. The van der Waals surface area contributed by atoms with E-state index in [1.165, 1.54) is 6.33 Å². The fraction of sp³-hybridized carbons (Fsp3) is 0.333. The Morgan fingerprint density at radius 1 is 1.30 bits per heavy atom. The van der Waals surface area contributed by atoms with E-state index in [-0.39, 0.29) is 0 Å². The van der Waals surface area contributed by atoms with Gasteiger partial charge in [0.1, 0.15) is 29.2 Å².